The first-order chi connectivity index (χ1) is 5.52. The fourth-order valence-corrected chi connectivity index (χ4v) is 2.53. The van der Waals surface area contributed by atoms with Crippen molar-refractivity contribution >= 4 is 60.1 Å². The van der Waals surface area contributed by atoms with Crippen LogP contribution in [0.3, 0.4) is 0 Å². The second-order valence-electron chi connectivity index (χ2n) is 1.98. The fourth-order valence-electron chi connectivity index (χ4n) is 0.675. The maximum absolute atomic E-state index is 10.5. The summed E-state index contributed by atoms with van der Waals surface area (Å²) in [6.07, 6.45) is 0. The Bertz CT molecular complexity index is 343. The number of nitro groups is 1. The Hall–Kier alpha value is 0.310. The first-order valence-electron chi connectivity index (χ1n) is 2.81. The first kappa shape index (κ1) is 10.4. The van der Waals surface area contributed by atoms with Gasteiger partial charge in [-0.2, -0.15) is 0 Å². The Morgan fingerprint density at radius 2 is 2.00 bits per heavy atom. The summed E-state index contributed by atoms with van der Waals surface area (Å²) in [4.78, 5) is 10.1. The molecule has 0 amide bonds. The highest BCUT2D eigenvalue weighted by Crippen LogP contribution is 2.32. The maximum Gasteiger partial charge on any atom is 0.285 e. The van der Waals surface area contributed by atoms with Crippen LogP contribution in [0.5, 0.6) is 0 Å². The average molecular weight is 407 g/mol. The van der Waals surface area contributed by atoms with Crippen molar-refractivity contribution in [3.05, 3.63) is 34.8 Å². The molecule has 64 valence electrons. The molecular formula is C6H2Br2INO2. The van der Waals surface area contributed by atoms with E-state index in [0.717, 1.165) is 3.57 Å². The van der Waals surface area contributed by atoms with E-state index in [1.165, 1.54) is 6.07 Å². The lowest BCUT2D eigenvalue weighted by molar-refractivity contribution is -0.385. The van der Waals surface area contributed by atoms with Gasteiger partial charge in [-0.3, -0.25) is 10.1 Å². The zero-order chi connectivity index (χ0) is 9.30. The molecule has 0 N–H and O–H groups in total. The summed E-state index contributed by atoms with van der Waals surface area (Å²) in [5, 5.41) is 10.5. The molecule has 1 aromatic carbocycles. The van der Waals surface area contributed by atoms with Gasteiger partial charge in [0.1, 0.15) is 4.47 Å². The molecule has 1 rings (SSSR count). The number of hydrogen-bond acceptors (Lipinski definition) is 2. The van der Waals surface area contributed by atoms with Gasteiger partial charge in [-0.25, -0.2) is 0 Å². The molecule has 3 nitrogen and oxygen atoms in total. The molecule has 0 bridgehead atoms. The molecule has 0 unspecified atom stereocenters. The van der Waals surface area contributed by atoms with Crippen molar-refractivity contribution in [3.63, 3.8) is 0 Å². The highest BCUT2D eigenvalue weighted by Gasteiger charge is 2.15. The smallest absolute Gasteiger partial charge is 0.258 e. The Labute approximate surface area is 99.1 Å². The van der Waals surface area contributed by atoms with E-state index in [1.807, 2.05) is 22.6 Å². The van der Waals surface area contributed by atoms with E-state index < -0.39 is 4.92 Å². The van der Waals surface area contributed by atoms with E-state index in [0.29, 0.717) is 8.95 Å². The van der Waals surface area contributed by atoms with Crippen molar-refractivity contribution in [2.45, 2.75) is 0 Å². The molecule has 0 fully saturated rings. The third-order valence-electron chi connectivity index (χ3n) is 1.17. The van der Waals surface area contributed by atoms with Crippen LogP contribution in [0.2, 0.25) is 0 Å². The third kappa shape index (κ3) is 2.17. The zero-order valence-corrected chi connectivity index (χ0v) is 10.9. The summed E-state index contributed by atoms with van der Waals surface area (Å²) in [5.74, 6) is 0. The summed E-state index contributed by atoms with van der Waals surface area (Å²) in [6, 6.07) is 3.27. The standard InChI is InChI=1S/C6H2Br2INO2/c7-3-1-4(9)6(8)5(2-3)10(11)12/h1-2H. The average Bonchev–Trinajstić information content (AvgIpc) is 1.96. The topological polar surface area (TPSA) is 43.1 Å². The quantitative estimate of drug-likeness (QED) is 0.309. The molecule has 0 radical (unpaired) electrons. The van der Waals surface area contributed by atoms with Crippen molar-refractivity contribution in [1.82, 2.24) is 0 Å². The Kier molecular flexibility index (Phi) is 3.47. The van der Waals surface area contributed by atoms with Gasteiger partial charge in [0, 0.05) is 14.1 Å². The maximum atomic E-state index is 10.5. The molecule has 0 saturated carbocycles. The van der Waals surface area contributed by atoms with Crippen molar-refractivity contribution in [3.8, 4) is 0 Å². The van der Waals surface area contributed by atoms with Crippen LogP contribution in [0.15, 0.2) is 21.1 Å². The molecule has 1 aromatic rings. The lowest BCUT2D eigenvalue weighted by atomic mass is 10.3. The van der Waals surface area contributed by atoms with Crippen LogP contribution in [-0.4, -0.2) is 4.92 Å². The monoisotopic (exact) mass is 405 g/mol. The molecule has 0 aromatic heterocycles. The van der Waals surface area contributed by atoms with Crippen LogP contribution in [0.1, 0.15) is 0 Å². The SMILES string of the molecule is O=[N+]([O-])c1cc(Br)cc(I)c1Br. The van der Waals surface area contributed by atoms with Crippen molar-refractivity contribution < 1.29 is 4.92 Å². The molecule has 0 spiro atoms. The molecule has 0 heterocycles. The van der Waals surface area contributed by atoms with E-state index in [9.17, 15) is 10.1 Å². The van der Waals surface area contributed by atoms with Crippen molar-refractivity contribution in [1.29, 1.82) is 0 Å². The summed E-state index contributed by atoms with van der Waals surface area (Å²) in [7, 11) is 0. The summed E-state index contributed by atoms with van der Waals surface area (Å²) in [6.45, 7) is 0. The third-order valence-corrected chi connectivity index (χ3v) is 4.05. The number of hydrogen-bond donors (Lipinski definition) is 0. The van der Waals surface area contributed by atoms with Gasteiger partial charge in [0.25, 0.3) is 5.69 Å². The second kappa shape index (κ2) is 4.01. The molecule has 0 aliphatic heterocycles. The van der Waals surface area contributed by atoms with Gasteiger partial charge in [-0.05, 0) is 44.6 Å². The fraction of sp³-hybridized carbons (Fsp3) is 0. The number of nitro benzene ring substituents is 1. The Morgan fingerprint density at radius 1 is 1.42 bits per heavy atom. The van der Waals surface area contributed by atoms with Gasteiger partial charge in [0.15, 0.2) is 0 Å². The minimum atomic E-state index is -0.420. The van der Waals surface area contributed by atoms with E-state index in [1.54, 1.807) is 6.07 Å². The zero-order valence-electron chi connectivity index (χ0n) is 5.55. The predicted octanol–water partition coefficient (Wildman–Crippen LogP) is 3.72. The van der Waals surface area contributed by atoms with Crippen molar-refractivity contribution in [2.75, 3.05) is 0 Å². The molecule has 6 heteroatoms. The highest BCUT2D eigenvalue weighted by atomic mass is 127. The van der Waals surface area contributed by atoms with Crippen LogP contribution >= 0.6 is 54.5 Å². The predicted molar refractivity (Wildman–Crippen MR) is 61.2 cm³/mol. The first-order valence-corrected chi connectivity index (χ1v) is 5.48. The molecule has 0 saturated heterocycles. The van der Waals surface area contributed by atoms with Gasteiger partial charge in [-0.15, -0.1) is 0 Å². The number of benzene rings is 1. The summed E-state index contributed by atoms with van der Waals surface area (Å²) < 4.78 is 2.05. The Balaban J connectivity index is 3.37. The largest absolute Gasteiger partial charge is 0.285 e. The molecule has 0 atom stereocenters. The van der Waals surface area contributed by atoms with Gasteiger partial charge in [-0.1, -0.05) is 15.9 Å². The number of halogens is 3. The van der Waals surface area contributed by atoms with Crippen LogP contribution in [-0.2, 0) is 0 Å². The van der Waals surface area contributed by atoms with Gasteiger partial charge < -0.3 is 0 Å². The minimum Gasteiger partial charge on any atom is -0.258 e. The van der Waals surface area contributed by atoms with Crippen molar-refractivity contribution in [2.24, 2.45) is 0 Å². The summed E-state index contributed by atoms with van der Waals surface area (Å²) >= 11 is 8.36. The van der Waals surface area contributed by atoms with Crippen LogP contribution in [0.4, 0.5) is 5.69 Å². The van der Waals surface area contributed by atoms with E-state index in [2.05, 4.69) is 31.9 Å². The van der Waals surface area contributed by atoms with E-state index >= 15 is 0 Å². The summed E-state index contributed by atoms with van der Waals surface area (Å²) in [5.41, 5.74) is 0.0776. The highest BCUT2D eigenvalue weighted by molar-refractivity contribution is 14.1. The number of nitrogens with zero attached hydrogens (tertiary/aromatic N) is 1. The molecular weight excluding hydrogens is 405 g/mol. The van der Waals surface area contributed by atoms with Crippen LogP contribution in [0.25, 0.3) is 0 Å². The Morgan fingerprint density at radius 3 is 2.50 bits per heavy atom. The van der Waals surface area contributed by atoms with Gasteiger partial charge in [0.2, 0.25) is 0 Å². The normalized spacial score (nSPS) is 9.92. The number of rotatable bonds is 1. The molecule has 0 aliphatic carbocycles. The van der Waals surface area contributed by atoms with Crippen LogP contribution < -0.4 is 0 Å². The lowest BCUT2D eigenvalue weighted by Gasteiger charge is -1.98. The van der Waals surface area contributed by atoms with E-state index in [-0.39, 0.29) is 5.69 Å². The van der Waals surface area contributed by atoms with E-state index in [4.69, 9.17) is 0 Å². The van der Waals surface area contributed by atoms with Gasteiger partial charge in [0.05, 0.1) is 4.92 Å². The molecule has 12 heavy (non-hydrogen) atoms. The van der Waals surface area contributed by atoms with Crippen LogP contribution in [0, 0.1) is 13.7 Å². The molecule has 0 aliphatic rings. The van der Waals surface area contributed by atoms with Gasteiger partial charge >= 0.3 is 0 Å². The lowest BCUT2D eigenvalue weighted by Crippen LogP contribution is -1.90. The minimum absolute atomic E-state index is 0.0776. The second-order valence-corrected chi connectivity index (χ2v) is 4.85.